The van der Waals surface area contributed by atoms with E-state index in [0.29, 0.717) is 51.7 Å². The molecule has 2 unspecified atom stereocenters. The summed E-state index contributed by atoms with van der Waals surface area (Å²) in [4.78, 5) is 51.9. The number of nitrogens with zero attached hydrogens (tertiary/aromatic N) is 3. The van der Waals surface area contributed by atoms with Crippen LogP contribution in [-0.4, -0.2) is 107 Å². The standard InChI is InChI=1S/C26H46N6O7S/c1-7-18-14-26(18,23(35)36)29-22(34)19-10-8-12-31(19)21(33)15-27-24(37)28-20(25(4,5)6)16-30-11-9-13-32(17(2)3)40(30,38)39/h17-20H,7-16H2,1-6H3,(H,29,34)(H,35,36)(H2,27,28,37)/t18?,19-,20?,26+/m0/s1. The van der Waals surface area contributed by atoms with Crippen LogP contribution in [0.25, 0.3) is 0 Å². The van der Waals surface area contributed by atoms with Crippen molar-refractivity contribution in [3.8, 4) is 0 Å². The average molecular weight is 587 g/mol. The largest absolute Gasteiger partial charge is 0.479 e. The van der Waals surface area contributed by atoms with E-state index in [4.69, 9.17) is 0 Å². The van der Waals surface area contributed by atoms with Crippen LogP contribution in [-0.2, 0) is 24.6 Å². The maximum Gasteiger partial charge on any atom is 0.329 e. The number of likely N-dealkylation sites (tertiary alicyclic amines) is 1. The monoisotopic (exact) mass is 586 g/mol. The van der Waals surface area contributed by atoms with Crippen LogP contribution in [0.15, 0.2) is 0 Å². The Labute approximate surface area is 237 Å². The van der Waals surface area contributed by atoms with Gasteiger partial charge >= 0.3 is 12.0 Å². The third-order valence-corrected chi connectivity index (χ3v) is 10.5. The van der Waals surface area contributed by atoms with Crippen molar-refractivity contribution in [3.05, 3.63) is 0 Å². The molecule has 2 saturated heterocycles. The van der Waals surface area contributed by atoms with Crippen molar-refractivity contribution in [3.63, 3.8) is 0 Å². The van der Waals surface area contributed by atoms with E-state index in [0.717, 1.165) is 0 Å². The number of carboxylic acids is 1. The maximum atomic E-state index is 13.1. The molecule has 0 radical (unpaired) electrons. The van der Waals surface area contributed by atoms with Crippen molar-refractivity contribution >= 4 is 34.0 Å². The van der Waals surface area contributed by atoms with Crippen LogP contribution in [0.4, 0.5) is 4.79 Å². The molecule has 14 heteroatoms. The lowest BCUT2D eigenvalue weighted by Gasteiger charge is -2.41. The van der Waals surface area contributed by atoms with Gasteiger partial charge in [-0.3, -0.25) is 9.59 Å². The molecule has 4 atom stereocenters. The van der Waals surface area contributed by atoms with E-state index in [-0.39, 0.29) is 25.0 Å². The second-order valence-electron chi connectivity index (χ2n) is 12.5. The van der Waals surface area contributed by atoms with Crippen LogP contribution in [0.5, 0.6) is 0 Å². The molecule has 40 heavy (non-hydrogen) atoms. The number of nitrogens with one attached hydrogen (secondary N) is 3. The van der Waals surface area contributed by atoms with Gasteiger partial charge in [0.2, 0.25) is 11.8 Å². The number of urea groups is 1. The average Bonchev–Trinajstić information content (AvgIpc) is 3.34. The van der Waals surface area contributed by atoms with Gasteiger partial charge in [-0.1, -0.05) is 34.1 Å². The third-order valence-electron chi connectivity index (χ3n) is 8.32. The summed E-state index contributed by atoms with van der Waals surface area (Å²) < 4.78 is 29.1. The summed E-state index contributed by atoms with van der Waals surface area (Å²) >= 11 is 0. The van der Waals surface area contributed by atoms with E-state index >= 15 is 0 Å². The molecule has 1 aliphatic carbocycles. The second kappa shape index (κ2) is 12.2. The fraction of sp³-hybridized carbons (Fsp3) is 0.846. The Morgan fingerprint density at radius 3 is 2.30 bits per heavy atom. The first-order valence-electron chi connectivity index (χ1n) is 14.2. The molecule has 228 valence electrons. The van der Waals surface area contributed by atoms with Crippen LogP contribution in [0, 0.1) is 11.3 Å². The molecular weight excluding hydrogens is 540 g/mol. The molecule has 1 saturated carbocycles. The van der Waals surface area contributed by atoms with E-state index in [9.17, 15) is 32.7 Å². The summed E-state index contributed by atoms with van der Waals surface area (Å²) in [5, 5.41) is 17.7. The summed E-state index contributed by atoms with van der Waals surface area (Å²) in [5.74, 6) is -2.13. The zero-order valence-electron chi connectivity index (χ0n) is 24.5. The molecular formula is C26H46N6O7S. The van der Waals surface area contributed by atoms with Crippen molar-refractivity contribution in [2.75, 3.05) is 32.7 Å². The third kappa shape index (κ3) is 6.88. The van der Waals surface area contributed by atoms with Gasteiger partial charge in [0, 0.05) is 38.3 Å². The normalized spacial score (nSPS) is 27.7. The first-order chi connectivity index (χ1) is 18.5. The van der Waals surface area contributed by atoms with Gasteiger partial charge in [0.25, 0.3) is 10.2 Å². The van der Waals surface area contributed by atoms with Gasteiger partial charge < -0.3 is 26.0 Å². The topological polar surface area (TPSA) is 168 Å². The Morgan fingerprint density at radius 2 is 1.75 bits per heavy atom. The fourth-order valence-corrected chi connectivity index (χ4v) is 7.52. The van der Waals surface area contributed by atoms with Gasteiger partial charge in [-0.05, 0) is 50.9 Å². The summed E-state index contributed by atoms with van der Waals surface area (Å²) in [7, 11) is -3.67. The quantitative estimate of drug-likeness (QED) is 0.292. The zero-order valence-corrected chi connectivity index (χ0v) is 25.3. The number of rotatable bonds is 10. The Morgan fingerprint density at radius 1 is 1.07 bits per heavy atom. The molecule has 3 fully saturated rings. The number of carbonyl (C=O) groups excluding carboxylic acids is 3. The molecule has 13 nitrogen and oxygen atoms in total. The molecule has 2 heterocycles. The molecule has 0 aromatic rings. The predicted molar refractivity (Wildman–Crippen MR) is 148 cm³/mol. The molecule has 4 amide bonds. The predicted octanol–water partition coefficient (Wildman–Crippen LogP) is 0.722. The van der Waals surface area contributed by atoms with Gasteiger partial charge in [-0.15, -0.1) is 0 Å². The van der Waals surface area contributed by atoms with Gasteiger partial charge in [0.15, 0.2) is 0 Å². The van der Waals surface area contributed by atoms with Crippen molar-refractivity contribution < 1.29 is 32.7 Å². The number of hydrogen-bond acceptors (Lipinski definition) is 6. The van der Waals surface area contributed by atoms with Gasteiger partial charge in [0.05, 0.1) is 6.54 Å². The number of carbonyl (C=O) groups is 4. The lowest BCUT2D eigenvalue weighted by molar-refractivity contribution is -0.145. The Balaban J connectivity index is 1.58. The smallest absolute Gasteiger partial charge is 0.329 e. The molecule has 0 bridgehead atoms. The van der Waals surface area contributed by atoms with E-state index in [1.807, 2.05) is 41.5 Å². The summed E-state index contributed by atoms with van der Waals surface area (Å²) in [6.45, 7) is 12.1. The number of hydrogen-bond donors (Lipinski definition) is 4. The van der Waals surface area contributed by atoms with E-state index in [2.05, 4.69) is 16.0 Å². The highest BCUT2D eigenvalue weighted by molar-refractivity contribution is 7.86. The SMILES string of the molecule is CCC1C[C@]1(NC(=O)[C@@H]1CCCN1C(=O)CNC(=O)NC(CN1CCCN(C(C)C)S1(=O)=O)C(C)(C)C)C(=O)O. The van der Waals surface area contributed by atoms with Crippen molar-refractivity contribution in [1.82, 2.24) is 29.5 Å². The van der Waals surface area contributed by atoms with E-state index in [1.54, 1.807) is 0 Å². The van der Waals surface area contributed by atoms with E-state index < -0.39 is 57.1 Å². The van der Waals surface area contributed by atoms with Gasteiger partial charge in [-0.25, -0.2) is 9.59 Å². The number of aliphatic carboxylic acids is 1. The minimum absolute atomic E-state index is 0.0921. The minimum Gasteiger partial charge on any atom is -0.479 e. The molecule has 4 N–H and O–H groups in total. The van der Waals surface area contributed by atoms with Gasteiger partial charge in [0.1, 0.15) is 11.6 Å². The molecule has 2 aliphatic heterocycles. The molecule has 3 aliphatic rings. The van der Waals surface area contributed by atoms with Crippen LogP contribution >= 0.6 is 0 Å². The van der Waals surface area contributed by atoms with Crippen LogP contribution < -0.4 is 16.0 Å². The minimum atomic E-state index is -3.67. The number of carboxylic acid groups (broad SMARTS) is 1. The summed E-state index contributed by atoms with van der Waals surface area (Å²) in [5.41, 5.74) is -1.74. The van der Waals surface area contributed by atoms with Crippen molar-refractivity contribution in [1.29, 1.82) is 0 Å². The Hall–Kier alpha value is -2.45. The molecule has 3 rings (SSSR count). The van der Waals surface area contributed by atoms with Crippen molar-refractivity contribution in [2.45, 2.75) is 97.3 Å². The molecule has 0 spiro atoms. The summed E-state index contributed by atoms with van der Waals surface area (Å²) in [6, 6.07) is -2.11. The van der Waals surface area contributed by atoms with Crippen LogP contribution in [0.2, 0.25) is 0 Å². The Kier molecular flexibility index (Phi) is 9.78. The first kappa shape index (κ1) is 32.1. The maximum absolute atomic E-state index is 13.1. The zero-order chi connectivity index (χ0) is 30.0. The highest BCUT2D eigenvalue weighted by Gasteiger charge is 2.61. The highest BCUT2D eigenvalue weighted by Crippen LogP contribution is 2.46. The number of amides is 4. The lowest BCUT2D eigenvalue weighted by atomic mass is 9.86. The first-order valence-corrected chi connectivity index (χ1v) is 15.6. The van der Waals surface area contributed by atoms with Crippen LogP contribution in [0.1, 0.15) is 73.6 Å². The van der Waals surface area contributed by atoms with Gasteiger partial charge in [-0.2, -0.15) is 17.0 Å². The van der Waals surface area contributed by atoms with E-state index in [1.165, 1.54) is 13.5 Å². The summed E-state index contributed by atoms with van der Waals surface area (Å²) in [6.07, 6.45) is 2.70. The lowest BCUT2D eigenvalue weighted by Crippen LogP contribution is -2.59. The second-order valence-corrected chi connectivity index (χ2v) is 14.4. The highest BCUT2D eigenvalue weighted by atomic mass is 32.2. The van der Waals surface area contributed by atoms with Crippen LogP contribution in [0.3, 0.4) is 0 Å². The molecule has 0 aromatic heterocycles. The molecule has 0 aromatic carbocycles. The fourth-order valence-electron chi connectivity index (χ4n) is 5.63. The Bertz CT molecular complexity index is 1090. The van der Waals surface area contributed by atoms with Crippen molar-refractivity contribution in [2.24, 2.45) is 11.3 Å².